The van der Waals surface area contributed by atoms with E-state index >= 15 is 0 Å². The van der Waals surface area contributed by atoms with Crippen molar-refractivity contribution in [2.24, 2.45) is 0 Å². The van der Waals surface area contributed by atoms with Gasteiger partial charge in [-0.15, -0.1) is 0 Å². The number of halogens is 6. The minimum absolute atomic E-state index is 0.338. The number of sulfonamides is 2. The molecule has 17 heteroatoms. The van der Waals surface area contributed by atoms with E-state index in [1.165, 1.54) is 31.4 Å². The lowest BCUT2D eigenvalue weighted by Gasteiger charge is -2.27. The van der Waals surface area contributed by atoms with Gasteiger partial charge in [-0.1, -0.05) is 62.6 Å². The molecule has 0 fully saturated rings. The van der Waals surface area contributed by atoms with Crippen LogP contribution in [0.1, 0.15) is 70.2 Å². The van der Waals surface area contributed by atoms with Crippen molar-refractivity contribution in [2.75, 3.05) is 6.61 Å². The number of alkyl halides is 6. The van der Waals surface area contributed by atoms with E-state index in [-0.39, 0.29) is 0 Å². The number of ether oxygens (including phenoxy) is 1. The van der Waals surface area contributed by atoms with Crippen LogP contribution in [0.25, 0.3) is 9.70 Å². The van der Waals surface area contributed by atoms with E-state index in [2.05, 4.69) is 47.8 Å². The third-order valence-electron chi connectivity index (χ3n) is 6.16. The van der Waals surface area contributed by atoms with Gasteiger partial charge in [0.15, 0.2) is 45.1 Å². The van der Waals surface area contributed by atoms with Gasteiger partial charge >= 0.3 is 17.1 Å². The molecule has 254 valence electrons. The van der Waals surface area contributed by atoms with E-state index in [0.717, 1.165) is 27.2 Å². The molecule has 0 saturated heterocycles. The standard InChI is InChI=1S/C26H36N2O2.C2F6NO4S2/c1-6-7-8-9-15-24-16-10-11-17-28(24)18-19-30-25(29)27-26(4,5)23-14-12-13-22(20-23)21(2)3;3-1(4,5)14(10,11)9-15(12,13)2(6,7)8/h10-14,16-17,20H,2,6-9,15,18-19H2,1,3-5H3;/q;-1/p+1. The first-order valence-corrected chi connectivity index (χ1v) is 16.5. The Balaban J connectivity index is 0.000000570. The summed E-state index contributed by atoms with van der Waals surface area (Å²) in [6.07, 6.45) is 7.68. The number of carbonyl (C=O) groups is 1. The molecule has 0 bridgehead atoms. The van der Waals surface area contributed by atoms with Crippen LogP contribution >= 0.6 is 0 Å². The predicted octanol–water partition coefficient (Wildman–Crippen LogP) is 6.85. The summed E-state index contributed by atoms with van der Waals surface area (Å²) in [6, 6.07) is 14.3. The Morgan fingerprint density at radius 3 is 2.07 bits per heavy atom. The molecule has 0 unspecified atom stereocenters. The summed E-state index contributed by atoms with van der Waals surface area (Å²) in [5, 5.41) is 2.99. The van der Waals surface area contributed by atoms with Gasteiger partial charge in [0.1, 0.15) is 0 Å². The van der Waals surface area contributed by atoms with Crippen molar-refractivity contribution in [3.05, 3.63) is 76.2 Å². The number of allylic oxidation sites excluding steroid dienone is 1. The molecule has 0 saturated carbocycles. The number of nitrogens with one attached hydrogen (secondary N) is 1. The maximum atomic E-state index is 12.4. The minimum Gasteiger partial charge on any atom is -0.443 e. The zero-order valence-electron chi connectivity index (χ0n) is 25.2. The molecule has 45 heavy (non-hydrogen) atoms. The third kappa shape index (κ3) is 13.0. The number of aryl methyl sites for hydroxylation is 1. The minimum atomic E-state index is -6.72. The van der Waals surface area contributed by atoms with Crippen LogP contribution in [0.4, 0.5) is 31.1 Å². The molecular weight excluding hydrogens is 652 g/mol. The number of alkyl carbamates (subject to hydrolysis) is 1. The lowest BCUT2D eigenvalue weighted by atomic mass is 9.92. The highest BCUT2D eigenvalue weighted by atomic mass is 32.3. The fourth-order valence-electron chi connectivity index (χ4n) is 3.68. The molecule has 9 nitrogen and oxygen atoms in total. The van der Waals surface area contributed by atoms with E-state index in [0.29, 0.717) is 13.2 Å². The summed E-state index contributed by atoms with van der Waals surface area (Å²) in [6.45, 7) is 13.2. The first-order valence-electron chi connectivity index (χ1n) is 13.6. The van der Waals surface area contributed by atoms with Crippen molar-refractivity contribution < 1.29 is 57.3 Å². The molecule has 0 spiro atoms. The zero-order chi connectivity index (χ0) is 34.7. The molecule has 0 aliphatic heterocycles. The Morgan fingerprint density at radius 2 is 1.53 bits per heavy atom. The van der Waals surface area contributed by atoms with Crippen molar-refractivity contribution >= 4 is 31.7 Å². The van der Waals surface area contributed by atoms with Gasteiger partial charge in [-0.2, -0.15) is 30.9 Å². The van der Waals surface area contributed by atoms with E-state index in [4.69, 9.17) is 4.74 Å². The van der Waals surface area contributed by atoms with Gasteiger partial charge in [-0.3, -0.25) is 0 Å². The number of hydrogen-bond acceptors (Lipinski definition) is 6. The van der Waals surface area contributed by atoms with Gasteiger partial charge in [0.05, 0.1) is 5.54 Å². The van der Waals surface area contributed by atoms with Crippen LogP contribution in [0, 0.1) is 0 Å². The monoisotopic (exact) mass is 689 g/mol. The van der Waals surface area contributed by atoms with Gasteiger partial charge in [0, 0.05) is 18.6 Å². The van der Waals surface area contributed by atoms with Gasteiger partial charge < -0.3 is 14.2 Å². The van der Waals surface area contributed by atoms with Gasteiger partial charge in [-0.25, -0.2) is 21.6 Å². The Morgan fingerprint density at radius 1 is 0.933 bits per heavy atom. The maximum absolute atomic E-state index is 12.4. The largest absolute Gasteiger partial charge is 0.480 e. The molecule has 1 amide bonds. The van der Waals surface area contributed by atoms with Crippen LogP contribution in [-0.4, -0.2) is 40.6 Å². The Labute approximate surface area is 259 Å². The fraction of sp³-hybridized carbons (Fsp3) is 0.500. The smallest absolute Gasteiger partial charge is 0.443 e. The van der Waals surface area contributed by atoms with Crippen LogP contribution in [0.2, 0.25) is 0 Å². The van der Waals surface area contributed by atoms with Crippen molar-refractivity contribution in [1.82, 2.24) is 5.32 Å². The first kappa shape index (κ1) is 39.8. The summed E-state index contributed by atoms with van der Waals surface area (Å²) < 4.78 is 117. The zero-order valence-corrected chi connectivity index (χ0v) is 26.8. The average Bonchev–Trinajstić information content (AvgIpc) is 2.90. The molecule has 1 heterocycles. The van der Waals surface area contributed by atoms with Gasteiger partial charge in [0.2, 0.25) is 0 Å². The second kappa shape index (κ2) is 16.4. The first-order chi connectivity index (χ1) is 20.5. The second-order valence-electron chi connectivity index (χ2n) is 10.4. The number of hydrogen-bond donors (Lipinski definition) is 1. The Hall–Kier alpha value is -3.18. The summed E-state index contributed by atoms with van der Waals surface area (Å²) in [5.74, 6) is 0. The average molecular weight is 690 g/mol. The molecule has 2 aromatic rings. The number of unbranched alkanes of at least 4 members (excludes halogenated alkanes) is 3. The summed E-state index contributed by atoms with van der Waals surface area (Å²) >= 11 is 0. The van der Waals surface area contributed by atoms with Crippen LogP contribution in [-0.2, 0) is 43.3 Å². The maximum Gasteiger partial charge on any atom is 0.480 e. The molecule has 0 radical (unpaired) electrons. The number of pyridine rings is 1. The van der Waals surface area contributed by atoms with Crippen LogP contribution in [0.5, 0.6) is 0 Å². The predicted molar refractivity (Wildman–Crippen MR) is 156 cm³/mol. The van der Waals surface area contributed by atoms with Gasteiger partial charge in [-0.05, 0) is 44.4 Å². The SMILES string of the molecule is C=C(C)c1cccc(C(C)(C)NC(=O)OCC[n+]2ccccc2CCCCCC)c1.O=S(=O)([N-]S(=O)(=O)C(F)(F)F)C(F)(F)F. The van der Waals surface area contributed by atoms with Crippen LogP contribution < -0.4 is 9.88 Å². The highest BCUT2D eigenvalue weighted by molar-refractivity contribution is 8.13. The quantitative estimate of drug-likeness (QED) is 0.139. The summed E-state index contributed by atoms with van der Waals surface area (Å²) in [7, 11) is -13.4. The van der Waals surface area contributed by atoms with Crippen molar-refractivity contribution in [1.29, 1.82) is 0 Å². The van der Waals surface area contributed by atoms with Crippen LogP contribution in [0.15, 0.2) is 55.2 Å². The van der Waals surface area contributed by atoms with Crippen molar-refractivity contribution in [3.8, 4) is 0 Å². The molecule has 2 rings (SSSR count). The third-order valence-corrected chi connectivity index (χ3v) is 8.90. The van der Waals surface area contributed by atoms with Gasteiger partial charge in [0.25, 0.3) is 0 Å². The number of rotatable bonds is 13. The topological polar surface area (TPSA) is 125 Å². The van der Waals surface area contributed by atoms with E-state index in [9.17, 15) is 48.0 Å². The number of benzene rings is 1. The highest BCUT2D eigenvalue weighted by Gasteiger charge is 2.47. The highest BCUT2D eigenvalue weighted by Crippen LogP contribution is 2.36. The Bertz CT molecular complexity index is 1470. The van der Waals surface area contributed by atoms with E-state index < -0.39 is 42.7 Å². The summed E-state index contributed by atoms with van der Waals surface area (Å²) in [5.41, 5.74) is -8.56. The molecule has 0 atom stereocenters. The molecular formula is C28H37F6N3O6S2. The van der Waals surface area contributed by atoms with E-state index in [1.54, 1.807) is 0 Å². The second-order valence-corrected chi connectivity index (χ2v) is 13.8. The number of aromatic nitrogens is 1. The fourth-order valence-corrected chi connectivity index (χ4v) is 5.39. The number of carbonyl (C=O) groups excluding carboxylic acids is 1. The number of nitrogens with zero attached hydrogens (tertiary/aromatic N) is 2. The molecule has 0 aliphatic carbocycles. The summed E-state index contributed by atoms with van der Waals surface area (Å²) in [4.78, 5) is 12.4. The Kier molecular flexibility index (Phi) is 14.5. The molecule has 0 aliphatic rings. The van der Waals surface area contributed by atoms with Crippen molar-refractivity contribution in [2.45, 2.75) is 82.9 Å². The molecule has 1 aromatic carbocycles. The normalized spacial score (nSPS) is 12.6. The van der Waals surface area contributed by atoms with E-state index in [1.807, 2.05) is 45.0 Å². The lowest BCUT2D eigenvalue weighted by Crippen LogP contribution is -2.44. The van der Waals surface area contributed by atoms with Crippen molar-refractivity contribution in [3.63, 3.8) is 0 Å². The van der Waals surface area contributed by atoms with Crippen LogP contribution in [0.3, 0.4) is 0 Å². The molecule has 1 N–H and O–H groups in total. The molecule has 1 aromatic heterocycles. The number of amides is 1. The lowest BCUT2D eigenvalue weighted by molar-refractivity contribution is -0.705.